The molecule has 9 heteroatoms. The second kappa shape index (κ2) is 9.51. The molecule has 4 N–H and O–H groups in total. The number of nitrogens with one attached hydrogen (secondary N) is 1. The summed E-state index contributed by atoms with van der Waals surface area (Å²) in [5.74, 6) is 0.673. The highest BCUT2D eigenvalue weighted by atomic mass is 35.5. The van der Waals surface area contributed by atoms with Crippen LogP contribution < -0.4 is 16.0 Å². The molecular formula is C21H27ClN6O2. The summed E-state index contributed by atoms with van der Waals surface area (Å²) in [5.41, 5.74) is 7.56. The zero-order chi connectivity index (χ0) is 21.7. The smallest absolute Gasteiger partial charge is 0.240 e. The number of aliphatic hydroxyl groups excluding tert-OH is 1. The minimum atomic E-state index is -1.01. The van der Waals surface area contributed by atoms with Gasteiger partial charge < -0.3 is 21.1 Å². The van der Waals surface area contributed by atoms with Crippen molar-refractivity contribution in [2.24, 2.45) is 10.7 Å². The van der Waals surface area contributed by atoms with Crippen LogP contribution in [0.5, 0.6) is 0 Å². The molecule has 1 aliphatic heterocycles. The van der Waals surface area contributed by atoms with Crippen LogP contribution >= 0.6 is 11.6 Å². The van der Waals surface area contributed by atoms with Gasteiger partial charge in [-0.1, -0.05) is 41.4 Å². The van der Waals surface area contributed by atoms with Gasteiger partial charge in [-0.3, -0.25) is 4.79 Å². The highest BCUT2D eigenvalue weighted by Crippen LogP contribution is 2.33. The molecule has 1 fully saturated rings. The van der Waals surface area contributed by atoms with Crippen LogP contribution in [0.4, 0.5) is 11.6 Å². The third-order valence-electron chi connectivity index (χ3n) is 5.51. The van der Waals surface area contributed by atoms with Crippen molar-refractivity contribution in [2.45, 2.75) is 37.8 Å². The molecule has 1 unspecified atom stereocenters. The van der Waals surface area contributed by atoms with Gasteiger partial charge in [-0.2, -0.15) is 0 Å². The molecule has 0 saturated carbocycles. The van der Waals surface area contributed by atoms with Crippen LogP contribution in [0.1, 0.15) is 36.4 Å². The number of aliphatic hydroxyl groups is 1. The maximum atomic E-state index is 13.0. The van der Waals surface area contributed by atoms with Crippen LogP contribution in [-0.4, -0.2) is 52.9 Å². The first-order chi connectivity index (χ1) is 14.4. The molecule has 1 amide bonds. The van der Waals surface area contributed by atoms with E-state index in [2.05, 4.69) is 27.0 Å². The van der Waals surface area contributed by atoms with Crippen molar-refractivity contribution in [3.8, 4) is 0 Å². The lowest BCUT2D eigenvalue weighted by Crippen LogP contribution is -2.60. The number of aliphatic imine (C=N–C) groups is 1. The zero-order valence-electron chi connectivity index (χ0n) is 17.0. The molecular weight excluding hydrogens is 404 g/mol. The van der Waals surface area contributed by atoms with Gasteiger partial charge in [-0.05, 0) is 38.5 Å². The summed E-state index contributed by atoms with van der Waals surface area (Å²) in [6.45, 7) is 6.48. The molecule has 1 atom stereocenters. The number of nitrogens with zero attached hydrogens (tertiary/aromatic N) is 4. The monoisotopic (exact) mass is 430 g/mol. The van der Waals surface area contributed by atoms with Crippen LogP contribution in [0.25, 0.3) is 0 Å². The Balaban J connectivity index is 1.68. The third kappa shape index (κ3) is 4.77. The second-order valence-electron chi connectivity index (χ2n) is 7.59. The standard InChI is InChI=1S/C21H27ClN6O2/c1-14-3-5-15(6-4-14)16(7-12-29)27-20(30)21(23)8-10-28(11-9-21)19-17(22)18(24-2)25-13-26-19/h3-6,13,16,29H,2,7-12,23H2,1H3,(H,27,30). The lowest BCUT2D eigenvalue weighted by Gasteiger charge is -2.39. The number of nitrogens with two attached hydrogens (primary N) is 1. The Kier molecular flexibility index (Phi) is 7.02. The van der Waals surface area contributed by atoms with E-state index in [1.165, 1.54) is 6.33 Å². The van der Waals surface area contributed by atoms with Gasteiger partial charge in [0.2, 0.25) is 5.91 Å². The van der Waals surface area contributed by atoms with E-state index in [0.717, 1.165) is 11.1 Å². The maximum Gasteiger partial charge on any atom is 0.240 e. The number of hydrogen-bond acceptors (Lipinski definition) is 7. The molecule has 0 spiro atoms. The first-order valence-corrected chi connectivity index (χ1v) is 10.2. The van der Waals surface area contributed by atoms with E-state index in [9.17, 15) is 9.90 Å². The highest BCUT2D eigenvalue weighted by Gasteiger charge is 2.39. The van der Waals surface area contributed by atoms with Crippen molar-refractivity contribution in [3.05, 3.63) is 46.7 Å². The normalized spacial score (nSPS) is 16.7. The molecule has 8 nitrogen and oxygen atoms in total. The Morgan fingerprint density at radius 2 is 2.03 bits per heavy atom. The number of amides is 1. The average Bonchev–Trinajstić information content (AvgIpc) is 2.75. The Morgan fingerprint density at radius 3 is 2.63 bits per heavy atom. The van der Waals surface area contributed by atoms with Crippen LogP contribution in [0.15, 0.2) is 35.6 Å². The summed E-state index contributed by atoms with van der Waals surface area (Å²) >= 11 is 6.32. The van der Waals surface area contributed by atoms with Gasteiger partial charge in [0.15, 0.2) is 11.6 Å². The summed E-state index contributed by atoms with van der Waals surface area (Å²) in [7, 11) is 0. The van der Waals surface area contributed by atoms with Gasteiger partial charge in [0.05, 0.1) is 11.6 Å². The van der Waals surface area contributed by atoms with E-state index >= 15 is 0 Å². The number of aromatic nitrogens is 2. The Labute approximate surface area is 181 Å². The van der Waals surface area contributed by atoms with Crippen LogP contribution in [0.3, 0.4) is 0 Å². The number of aryl methyl sites for hydroxylation is 1. The van der Waals surface area contributed by atoms with Gasteiger partial charge in [0, 0.05) is 19.7 Å². The molecule has 1 aliphatic rings. The van der Waals surface area contributed by atoms with Crippen molar-refractivity contribution in [2.75, 3.05) is 24.6 Å². The quantitative estimate of drug-likeness (QED) is 0.580. The van der Waals surface area contributed by atoms with Crippen LogP contribution in [0.2, 0.25) is 5.02 Å². The van der Waals surface area contributed by atoms with E-state index in [4.69, 9.17) is 17.3 Å². The number of halogens is 1. The number of anilines is 1. The van der Waals surface area contributed by atoms with E-state index < -0.39 is 5.54 Å². The summed E-state index contributed by atoms with van der Waals surface area (Å²) in [6, 6.07) is 7.61. The number of carbonyl (C=O) groups is 1. The van der Waals surface area contributed by atoms with E-state index in [-0.39, 0.29) is 18.6 Å². The number of benzene rings is 1. The predicted octanol–water partition coefficient (Wildman–Crippen LogP) is 2.31. The first kappa shape index (κ1) is 22.1. The molecule has 3 rings (SSSR count). The predicted molar refractivity (Wildman–Crippen MR) is 118 cm³/mol. The largest absolute Gasteiger partial charge is 0.396 e. The van der Waals surface area contributed by atoms with Gasteiger partial charge in [-0.15, -0.1) is 0 Å². The molecule has 0 bridgehead atoms. The molecule has 2 aromatic rings. The van der Waals surface area contributed by atoms with Gasteiger partial charge >= 0.3 is 0 Å². The van der Waals surface area contributed by atoms with Crippen molar-refractivity contribution in [1.29, 1.82) is 0 Å². The van der Waals surface area contributed by atoms with Crippen molar-refractivity contribution < 1.29 is 9.90 Å². The molecule has 1 aromatic carbocycles. The molecule has 0 aliphatic carbocycles. The van der Waals surface area contributed by atoms with Gasteiger partial charge in [0.25, 0.3) is 0 Å². The molecule has 30 heavy (non-hydrogen) atoms. The zero-order valence-corrected chi connectivity index (χ0v) is 17.8. The van der Waals surface area contributed by atoms with E-state index in [0.29, 0.717) is 49.0 Å². The van der Waals surface area contributed by atoms with Crippen molar-refractivity contribution in [3.63, 3.8) is 0 Å². The molecule has 160 valence electrons. The Hall–Kier alpha value is -2.55. The number of rotatable bonds is 7. The minimum absolute atomic E-state index is 0.0317. The number of hydrogen-bond donors (Lipinski definition) is 3. The topological polar surface area (TPSA) is 117 Å². The maximum absolute atomic E-state index is 13.0. The Morgan fingerprint density at radius 1 is 1.37 bits per heavy atom. The van der Waals surface area contributed by atoms with E-state index in [1.54, 1.807) is 0 Å². The summed E-state index contributed by atoms with van der Waals surface area (Å²) in [6.07, 6.45) is 2.69. The number of carbonyl (C=O) groups excluding carboxylic acids is 1. The SMILES string of the molecule is C=Nc1ncnc(N2CCC(N)(C(=O)NC(CCO)c3ccc(C)cc3)CC2)c1Cl. The van der Waals surface area contributed by atoms with E-state index in [1.807, 2.05) is 36.1 Å². The molecule has 1 aromatic heterocycles. The highest BCUT2D eigenvalue weighted by molar-refractivity contribution is 6.35. The van der Waals surface area contributed by atoms with Gasteiger partial charge in [0.1, 0.15) is 11.3 Å². The Bertz CT molecular complexity index is 897. The first-order valence-electron chi connectivity index (χ1n) is 9.87. The van der Waals surface area contributed by atoms with Crippen molar-refractivity contribution in [1.82, 2.24) is 15.3 Å². The summed E-state index contributed by atoms with van der Waals surface area (Å²) < 4.78 is 0. The van der Waals surface area contributed by atoms with Crippen molar-refractivity contribution >= 4 is 35.9 Å². The summed E-state index contributed by atoms with van der Waals surface area (Å²) in [5, 5.41) is 12.8. The number of piperidine rings is 1. The fourth-order valence-electron chi connectivity index (χ4n) is 3.58. The third-order valence-corrected chi connectivity index (χ3v) is 5.85. The molecule has 1 saturated heterocycles. The fourth-order valence-corrected chi connectivity index (χ4v) is 3.86. The second-order valence-corrected chi connectivity index (χ2v) is 7.96. The summed E-state index contributed by atoms with van der Waals surface area (Å²) in [4.78, 5) is 27.1. The van der Waals surface area contributed by atoms with Crippen LogP contribution in [-0.2, 0) is 4.79 Å². The fraction of sp³-hybridized carbons (Fsp3) is 0.429. The van der Waals surface area contributed by atoms with Crippen LogP contribution in [0, 0.1) is 6.92 Å². The minimum Gasteiger partial charge on any atom is -0.396 e. The average molecular weight is 431 g/mol. The molecule has 0 radical (unpaired) electrons. The lowest BCUT2D eigenvalue weighted by atomic mass is 9.87. The molecule has 2 heterocycles. The van der Waals surface area contributed by atoms with Gasteiger partial charge in [-0.25, -0.2) is 15.0 Å². The lowest BCUT2D eigenvalue weighted by molar-refractivity contribution is -0.128.